The second kappa shape index (κ2) is 7.18. The number of fused-ring (bicyclic) bond motifs is 1. The second-order valence-corrected chi connectivity index (χ2v) is 5.27. The van der Waals surface area contributed by atoms with Crippen LogP contribution >= 0.6 is 0 Å². The van der Waals surface area contributed by atoms with Crippen molar-refractivity contribution in [1.29, 1.82) is 0 Å². The molecule has 1 aromatic carbocycles. The molecule has 0 aliphatic carbocycles. The molecule has 2 aromatic heterocycles. The van der Waals surface area contributed by atoms with Gasteiger partial charge in [-0.3, -0.25) is 0 Å². The van der Waals surface area contributed by atoms with Crippen molar-refractivity contribution in [2.75, 3.05) is 26.6 Å². The third-order valence-electron chi connectivity index (χ3n) is 3.79. The normalized spacial score (nSPS) is 10.5. The molecule has 26 heavy (non-hydrogen) atoms. The fraction of sp³-hybridized carbons (Fsp3) is 0.235. The smallest absolute Gasteiger partial charge is 0.493 e. The number of anilines is 2. The van der Waals surface area contributed by atoms with Gasteiger partial charge in [0.1, 0.15) is 11.8 Å². The number of hydrogen-bond acceptors (Lipinski definition) is 8. The number of nitrogens with zero attached hydrogens (tertiary/aromatic N) is 3. The van der Waals surface area contributed by atoms with Crippen molar-refractivity contribution < 1.29 is 23.7 Å². The van der Waals surface area contributed by atoms with Gasteiger partial charge in [0.25, 0.3) is 0 Å². The average Bonchev–Trinajstić information content (AvgIpc) is 2.98. The molecular formula is C17H18N4O5. The quantitative estimate of drug-likeness (QED) is 0.696. The molecule has 0 atom stereocenters. The maximum Gasteiger partial charge on any atom is 0.513 e. The molecule has 1 N–H and O–H groups in total. The van der Waals surface area contributed by atoms with Gasteiger partial charge >= 0.3 is 6.16 Å². The van der Waals surface area contributed by atoms with Gasteiger partial charge in [-0.05, 0) is 19.1 Å². The van der Waals surface area contributed by atoms with Gasteiger partial charge in [0, 0.05) is 17.3 Å². The minimum atomic E-state index is -0.800. The van der Waals surface area contributed by atoms with E-state index in [0.29, 0.717) is 34.1 Å². The summed E-state index contributed by atoms with van der Waals surface area (Å²) in [5.74, 6) is 2.10. The minimum Gasteiger partial charge on any atom is -0.493 e. The van der Waals surface area contributed by atoms with Gasteiger partial charge in [-0.25, -0.2) is 14.3 Å². The molecular weight excluding hydrogens is 340 g/mol. The van der Waals surface area contributed by atoms with Crippen molar-refractivity contribution in [3.8, 4) is 17.2 Å². The standard InChI is InChI=1S/C17H18N4O5/c1-10-14(26-17(22)25-4)8-21-15(10)16(18-9-19-21)20-11-5-6-12(23-2)13(7-11)24-3/h5-9H,1-4H3,(H,18,19,20). The Labute approximate surface area is 149 Å². The van der Waals surface area contributed by atoms with E-state index in [9.17, 15) is 4.79 Å². The predicted molar refractivity (Wildman–Crippen MR) is 93.6 cm³/mol. The Bertz CT molecular complexity index is 954. The Balaban J connectivity index is 1.99. The zero-order valence-corrected chi connectivity index (χ0v) is 14.8. The van der Waals surface area contributed by atoms with E-state index in [1.165, 1.54) is 13.4 Å². The van der Waals surface area contributed by atoms with Gasteiger partial charge in [0.2, 0.25) is 0 Å². The molecule has 0 amide bonds. The number of aryl methyl sites for hydroxylation is 1. The van der Waals surface area contributed by atoms with Crippen LogP contribution in [-0.2, 0) is 4.74 Å². The lowest BCUT2D eigenvalue weighted by molar-refractivity contribution is 0.121. The fourth-order valence-corrected chi connectivity index (χ4v) is 2.51. The molecule has 0 saturated carbocycles. The molecule has 2 heterocycles. The first-order valence-electron chi connectivity index (χ1n) is 7.65. The monoisotopic (exact) mass is 358 g/mol. The zero-order chi connectivity index (χ0) is 18.7. The van der Waals surface area contributed by atoms with Crippen molar-refractivity contribution in [3.05, 3.63) is 36.3 Å². The highest BCUT2D eigenvalue weighted by molar-refractivity contribution is 5.80. The van der Waals surface area contributed by atoms with Crippen molar-refractivity contribution in [2.24, 2.45) is 0 Å². The Hall–Kier alpha value is -3.49. The van der Waals surface area contributed by atoms with E-state index in [1.54, 1.807) is 44.0 Å². The molecule has 0 fully saturated rings. The Morgan fingerprint density at radius 1 is 1.12 bits per heavy atom. The van der Waals surface area contributed by atoms with Crippen LogP contribution in [-0.4, -0.2) is 42.1 Å². The highest BCUT2D eigenvalue weighted by Crippen LogP contribution is 2.33. The van der Waals surface area contributed by atoms with Gasteiger partial charge in [-0.1, -0.05) is 0 Å². The zero-order valence-electron chi connectivity index (χ0n) is 14.8. The van der Waals surface area contributed by atoms with Crippen LogP contribution in [0.3, 0.4) is 0 Å². The molecule has 136 valence electrons. The van der Waals surface area contributed by atoms with Crippen LogP contribution in [0.4, 0.5) is 16.3 Å². The summed E-state index contributed by atoms with van der Waals surface area (Å²) in [7, 11) is 4.39. The van der Waals surface area contributed by atoms with E-state index in [-0.39, 0.29) is 0 Å². The van der Waals surface area contributed by atoms with Crippen LogP contribution in [0.15, 0.2) is 30.7 Å². The lowest BCUT2D eigenvalue weighted by Gasteiger charge is -2.11. The fourth-order valence-electron chi connectivity index (χ4n) is 2.51. The van der Waals surface area contributed by atoms with Crippen molar-refractivity contribution in [3.63, 3.8) is 0 Å². The van der Waals surface area contributed by atoms with Crippen LogP contribution < -0.4 is 19.5 Å². The molecule has 9 nitrogen and oxygen atoms in total. The summed E-state index contributed by atoms with van der Waals surface area (Å²) in [5.41, 5.74) is 2.11. The number of benzene rings is 1. The largest absolute Gasteiger partial charge is 0.513 e. The van der Waals surface area contributed by atoms with Crippen molar-refractivity contribution in [1.82, 2.24) is 14.6 Å². The number of ether oxygens (including phenoxy) is 4. The van der Waals surface area contributed by atoms with Crippen molar-refractivity contribution >= 4 is 23.2 Å². The number of rotatable bonds is 5. The van der Waals surface area contributed by atoms with E-state index in [2.05, 4.69) is 20.1 Å². The maximum absolute atomic E-state index is 11.4. The summed E-state index contributed by atoms with van der Waals surface area (Å²) in [5, 5.41) is 7.36. The summed E-state index contributed by atoms with van der Waals surface area (Å²) in [6, 6.07) is 5.42. The highest BCUT2D eigenvalue weighted by atomic mass is 16.7. The molecule has 0 saturated heterocycles. The number of hydrogen-bond donors (Lipinski definition) is 1. The number of methoxy groups -OCH3 is 3. The van der Waals surface area contributed by atoms with Crippen molar-refractivity contribution in [2.45, 2.75) is 6.92 Å². The summed E-state index contributed by atoms with van der Waals surface area (Å²) < 4.78 is 21.8. The van der Waals surface area contributed by atoms with Gasteiger partial charge < -0.3 is 24.3 Å². The number of carbonyl (C=O) groups excluding carboxylic acids is 1. The van der Waals surface area contributed by atoms with Crippen LogP contribution in [0.1, 0.15) is 5.56 Å². The van der Waals surface area contributed by atoms with Gasteiger partial charge in [0.15, 0.2) is 23.1 Å². The molecule has 3 aromatic rings. The van der Waals surface area contributed by atoms with Crippen LogP contribution in [0, 0.1) is 6.92 Å². The number of nitrogens with one attached hydrogen (secondary N) is 1. The number of carbonyl (C=O) groups is 1. The summed E-state index contributed by atoms with van der Waals surface area (Å²) in [6.07, 6.45) is 2.19. The van der Waals surface area contributed by atoms with Crippen LogP contribution in [0.25, 0.3) is 5.52 Å². The molecule has 9 heteroatoms. The molecule has 3 rings (SSSR count). The Morgan fingerprint density at radius 2 is 1.88 bits per heavy atom. The van der Waals surface area contributed by atoms with E-state index in [1.807, 2.05) is 6.07 Å². The first-order chi connectivity index (χ1) is 12.6. The molecule has 0 bridgehead atoms. The second-order valence-electron chi connectivity index (χ2n) is 5.27. The first-order valence-corrected chi connectivity index (χ1v) is 7.65. The third kappa shape index (κ3) is 3.18. The molecule has 0 aliphatic rings. The summed E-state index contributed by atoms with van der Waals surface area (Å²) >= 11 is 0. The van der Waals surface area contributed by atoms with E-state index < -0.39 is 6.16 Å². The predicted octanol–water partition coefficient (Wildman–Crippen LogP) is 2.94. The molecule has 0 spiro atoms. The SMILES string of the molecule is COC(=O)Oc1cn2ncnc(Nc3ccc(OC)c(OC)c3)c2c1C. The van der Waals surface area contributed by atoms with Gasteiger partial charge in [-0.15, -0.1) is 0 Å². The molecule has 0 unspecified atom stereocenters. The highest BCUT2D eigenvalue weighted by Gasteiger charge is 2.17. The third-order valence-corrected chi connectivity index (χ3v) is 3.79. The minimum absolute atomic E-state index is 0.340. The Kier molecular flexibility index (Phi) is 4.78. The molecule has 0 radical (unpaired) electrons. The van der Waals surface area contributed by atoms with Gasteiger partial charge in [-0.2, -0.15) is 5.10 Å². The topological polar surface area (TPSA) is 96.2 Å². The number of aromatic nitrogens is 3. The lowest BCUT2D eigenvalue weighted by atomic mass is 10.2. The van der Waals surface area contributed by atoms with Crippen LogP contribution in [0.2, 0.25) is 0 Å². The van der Waals surface area contributed by atoms with E-state index in [0.717, 1.165) is 5.69 Å². The van der Waals surface area contributed by atoms with E-state index >= 15 is 0 Å². The Morgan fingerprint density at radius 3 is 2.58 bits per heavy atom. The summed E-state index contributed by atoms with van der Waals surface area (Å²) in [6.45, 7) is 1.80. The van der Waals surface area contributed by atoms with Crippen LogP contribution in [0.5, 0.6) is 17.2 Å². The van der Waals surface area contributed by atoms with Gasteiger partial charge in [0.05, 0.1) is 27.5 Å². The summed E-state index contributed by atoms with van der Waals surface area (Å²) in [4.78, 5) is 15.7. The first kappa shape index (κ1) is 17.3. The maximum atomic E-state index is 11.4. The molecule has 0 aliphatic heterocycles. The van der Waals surface area contributed by atoms with E-state index in [4.69, 9.17) is 14.2 Å². The lowest BCUT2D eigenvalue weighted by Crippen LogP contribution is -2.07. The average molecular weight is 358 g/mol.